The van der Waals surface area contributed by atoms with E-state index in [1.54, 1.807) is 0 Å². The third kappa shape index (κ3) is 5.73. The summed E-state index contributed by atoms with van der Waals surface area (Å²) in [6.45, 7) is 2.37. The highest BCUT2D eigenvalue weighted by Crippen LogP contribution is 2.92. The zero-order valence-electron chi connectivity index (χ0n) is 25.2. The van der Waals surface area contributed by atoms with Crippen molar-refractivity contribution in [3.8, 4) is 0 Å². The smallest absolute Gasteiger partial charge is 0.0802 e. The summed E-state index contributed by atoms with van der Waals surface area (Å²) in [6.07, 6.45) is 5.00. The van der Waals surface area contributed by atoms with Crippen molar-refractivity contribution in [2.45, 2.75) is 80.6 Å². The molecule has 0 aromatic heterocycles. The van der Waals surface area contributed by atoms with Crippen molar-refractivity contribution in [1.82, 2.24) is 0 Å². The van der Waals surface area contributed by atoms with E-state index in [-0.39, 0.29) is 0 Å². The van der Waals surface area contributed by atoms with Gasteiger partial charge in [-0.2, -0.15) is 0 Å². The molecule has 0 aliphatic heterocycles. The molecule has 2 aliphatic carbocycles. The summed E-state index contributed by atoms with van der Waals surface area (Å²) in [5, 5.41) is 8.06. The minimum Gasteiger partial charge on any atom is -0.0802 e. The lowest BCUT2D eigenvalue weighted by Gasteiger charge is -2.79. The number of rotatable bonds is 7. The molecule has 0 saturated heterocycles. The first-order valence-corrected chi connectivity index (χ1v) is 28.5. The lowest BCUT2D eigenvalue weighted by Crippen LogP contribution is -2.94. The van der Waals surface area contributed by atoms with Gasteiger partial charge in [0.25, 0.3) is 0 Å². The van der Waals surface area contributed by atoms with E-state index < -0.39 is 35.6 Å². The van der Waals surface area contributed by atoms with Crippen molar-refractivity contribution in [2.75, 3.05) is 0 Å². The molecule has 0 spiro atoms. The molecule has 0 N–H and O–H groups in total. The Morgan fingerprint density at radius 3 is 1.42 bits per heavy atom. The molecule has 6 rings (SSSR count). The average molecular weight is 1780 g/mol. The minimum atomic E-state index is -0.974. The van der Waals surface area contributed by atoms with Gasteiger partial charge in [-0.3, -0.25) is 0 Å². The lowest BCUT2D eigenvalue weighted by molar-refractivity contribution is 0.209. The third-order valence-corrected chi connectivity index (χ3v) is 48.1. The number of hydrogen-bond donors (Lipinski definition) is 0. The van der Waals surface area contributed by atoms with E-state index in [0.717, 1.165) is 32.1 Å². The molecule has 4 atom stereocenters. The van der Waals surface area contributed by atoms with Crippen LogP contribution in [-0.4, -0.2) is 35.6 Å². The van der Waals surface area contributed by atoms with Crippen LogP contribution in [0.2, 0.25) is 0 Å². The molecule has 2 saturated carbocycles. The Labute approximate surface area is 435 Å². The van der Waals surface area contributed by atoms with Crippen LogP contribution in [0.15, 0.2) is 54.6 Å². The highest BCUT2D eigenvalue weighted by Gasteiger charge is 2.97. The number of benzene rings is 4. The van der Waals surface area contributed by atoms with Gasteiger partial charge >= 0.3 is 0 Å². The molecule has 4 aromatic rings. The molecule has 2 aliphatic rings. The molecule has 4 aromatic carbocycles. The Bertz CT molecular complexity index is 1950. The van der Waals surface area contributed by atoms with Crippen molar-refractivity contribution in [3.63, 3.8) is 0 Å². The number of alkyl halides is 17. The standard InChI is InChI=1S/C33H23Br17/c1-16(20-13-11-19-10-9-17-7-5-8-18-12-14-21(20)23(19)22(17)18)6-3-2-4-15-24(34)27(37,38)25(35)26(36,29(41,42)28(24,39)40)31(45,46)33(49,50)32(47,48)30(25,43)44/h5,7-14,16H,2-4,6,15H2,1H3. The van der Waals surface area contributed by atoms with Gasteiger partial charge in [0.2, 0.25) is 0 Å². The van der Waals surface area contributed by atoms with Crippen LogP contribution in [0.5, 0.6) is 0 Å². The Kier molecular flexibility index (Phi) is 13.6. The summed E-state index contributed by atoms with van der Waals surface area (Å²) in [5.41, 5.74) is 1.43. The molecule has 2 fully saturated rings. The van der Waals surface area contributed by atoms with Crippen molar-refractivity contribution in [1.29, 1.82) is 0 Å². The number of hydrogen-bond acceptors (Lipinski definition) is 0. The first-order chi connectivity index (χ1) is 22.7. The van der Waals surface area contributed by atoms with E-state index >= 15 is 0 Å². The molecule has 0 amide bonds. The highest BCUT2D eigenvalue weighted by atomic mass is 79.9. The Balaban J connectivity index is 1.28. The predicted octanol–water partition coefficient (Wildman–Crippen LogP) is 19.5. The normalized spacial score (nSPS) is 32.3. The molecule has 4 unspecified atom stereocenters. The highest BCUT2D eigenvalue weighted by molar-refractivity contribution is 9.36. The topological polar surface area (TPSA) is 0 Å². The van der Waals surface area contributed by atoms with Gasteiger partial charge in [0.1, 0.15) is 27.0 Å². The Morgan fingerprint density at radius 1 is 0.440 bits per heavy atom. The summed E-state index contributed by atoms with van der Waals surface area (Å²) in [5.74, 6) is 0.429. The second-order valence-electron chi connectivity index (χ2n) is 13.2. The number of halogens is 17. The van der Waals surface area contributed by atoms with Gasteiger partial charge in [0.15, 0.2) is 0 Å². The third-order valence-electron chi connectivity index (χ3n) is 10.5. The second kappa shape index (κ2) is 14.9. The second-order valence-corrected chi connectivity index (χ2v) is 41.0. The zero-order valence-corrected chi connectivity index (χ0v) is 52.2. The van der Waals surface area contributed by atoms with Crippen LogP contribution in [0.3, 0.4) is 0 Å². The molecule has 0 radical (unpaired) electrons. The van der Waals surface area contributed by atoms with Gasteiger partial charge in [0.05, 0.1) is 8.65 Å². The summed E-state index contributed by atoms with van der Waals surface area (Å²) in [4.78, 5) is 0. The van der Waals surface area contributed by atoms with E-state index in [1.807, 2.05) is 0 Å². The van der Waals surface area contributed by atoms with Gasteiger partial charge in [-0.1, -0.05) is 352 Å². The van der Waals surface area contributed by atoms with Crippen molar-refractivity contribution < 1.29 is 0 Å². The van der Waals surface area contributed by atoms with Crippen LogP contribution in [-0.2, 0) is 0 Å². The zero-order chi connectivity index (χ0) is 37.5. The summed E-state index contributed by atoms with van der Waals surface area (Å²) < 4.78 is -8.93. The molecule has 0 nitrogen and oxygen atoms in total. The van der Waals surface area contributed by atoms with Crippen LogP contribution in [0.1, 0.15) is 50.5 Å². The van der Waals surface area contributed by atoms with Crippen LogP contribution < -0.4 is 0 Å². The fourth-order valence-electron chi connectivity index (χ4n) is 7.67. The van der Waals surface area contributed by atoms with Crippen LogP contribution >= 0.6 is 271 Å². The van der Waals surface area contributed by atoms with Crippen LogP contribution in [0, 0.1) is 0 Å². The number of unbranched alkanes of at least 4 members (excludes halogenated alkanes) is 2. The summed E-state index contributed by atoms with van der Waals surface area (Å²) in [6, 6.07) is 20.4. The van der Waals surface area contributed by atoms with Crippen molar-refractivity contribution in [2.24, 2.45) is 0 Å². The lowest BCUT2D eigenvalue weighted by atomic mass is 9.65. The van der Waals surface area contributed by atoms with E-state index in [1.165, 1.54) is 37.9 Å². The van der Waals surface area contributed by atoms with Gasteiger partial charge in [-0.05, 0) is 56.6 Å². The monoisotopic (exact) mass is 1760 g/mol. The average Bonchev–Trinajstić information content (AvgIpc) is 3.04. The first kappa shape index (κ1) is 45.6. The van der Waals surface area contributed by atoms with Crippen LogP contribution in [0.4, 0.5) is 0 Å². The minimum absolute atomic E-state index is 0.429. The fraction of sp³-hybridized carbons (Fsp3) is 0.515. The largest absolute Gasteiger partial charge is 0.134 e. The predicted molar refractivity (Wildman–Crippen MR) is 281 cm³/mol. The van der Waals surface area contributed by atoms with E-state index in [2.05, 4.69) is 332 Å². The van der Waals surface area contributed by atoms with E-state index in [4.69, 9.17) is 0 Å². The summed E-state index contributed by atoms with van der Waals surface area (Å²) >= 11 is 71.0. The molecule has 50 heavy (non-hydrogen) atoms. The molecule has 0 bridgehead atoms. The maximum absolute atomic E-state index is 4.36. The van der Waals surface area contributed by atoms with Crippen molar-refractivity contribution in [3.05, 3.63) is 60.2 Å². The van der Waals surface area contributed by atoms with Gasteiger partial charge in [-0.15, -0.1) is 0 Å². The summed E-state index contributed by atoms with van der Waals surface area (Å²) in [7, 11) is 0. The van der Waals surface area contributed by atoms with Crippen LogP contribution in [0.25, 0.3) is 32.3 Å². The molecule has 0 heterocycles. The van der Waals surface area contributed by atoms with E-state index in [9.17, 15) is 0 Å². The maximum Gasteiger partial charge on any atom is 0.134 e. The molecule has 17 heteroatoms. The Morgan fingerprint density at radius 2 is 0.880 bits per heavy atom. The van der Waals surface area contributed by atoms with Crippen molar-refractivity contribution >= 4 is 303 Å². The number of fused-ring (bicyclic) bond motifs is 1. The van der Waals surface area contributed by atoms with Gasteiger partial charge in [0, 0.05) is 0 Å². The quantitative estimate of drug-likeness (QED) is 0.0983. The SMILES string of the molecule is CC(CCCCCC1(Br)C(Br)(Br)C(Br)(Br)C2(Br)C(Br)(Br)C(Br)(Br)C(Br)(Br)C(Br)(Br)C2(Br)C1(Br)Br)c1ccc2ccc3cccc4ccc1c2c34. The van der Waals surface area contributed by atoms with E-state index in [0.29, 0.717) is 5.92 Å². The fourth-order valence-corrected chi connectivity index (χ4v) is 32.4. The first-order valence-electron chi connectivity index (χ1n) is 15.1. The molecular formula is C33H23Br17. The van der Waals surface area contributed by atoms with Gasteiger partial charge in [-0.25, -0.2) is 0 Å². The maximum atomic E-state index is 4.36. The van der Waals surface area contributed by atoms with Gasteiger partial charge < -0.3 is 0 Å². The molecule has 274 valence electrons. The Hall–Kier alpha value is 6.08. The molecular weight excluding hydrogens is 1750 g/mol.